The number of hydrogen-bond donors (Lipinski definition) is 2. The summed E-state index contributed by atoms with van der Waals surface area (Å²) in [6.07, 6.45) is 0. The van der Waals surface area contributed by atoms with Crippen LogP contribution in [0.15, 0.2) is 76.7 Å². The van der Waals surface area contributed by atoms with E-state index in [9.17, 15) is 4.79 Å². The number of H-pyrrole nitrogens is 1. The standard InChI is InChI=1S/C25H21N9OS/c1-2-33-22(18-13-20(15-8-4-3-5-9-15)28-19-11-7-6-10-17(18)19)30-31-25(33)36-14-16-12-21(35)34-24(27-16)29-23(26)32-34/h3-13H,2,14H2,1H3,(H3,26,27,29,32). The Balaban J connectivity index is 1.39. The summed E-state index contributed by atoms with van der Waals surface area (Å²) in [5, 5.41) is 13.5. The minimum absolute atomic E-state index is 0.138. The number of nitrogens with one attached hydrogen (secondary N) is 1. The van der Waals surface area contributed by atoms with E-state index in [1.165, 1.54) is 22.3 Å². The molecule has 2 aromatic carbocycles. The fraction of sp³-hybridized carbons (Fsp3) is 0.120. The Morgan fingerprint density at radius 3 is 2.61 bits per heavy atom. The van der Waals surface area contributed by atoms with E-state index in [-0.39, 0.29) is 17.3 Å². The van der Waals surface area contributed by atoms with Gasteiger partial charge in [-0.1, -0.05) is 60.3 Å². The minimum atomic E-state index is -0.269. The average molecular weight is 496 g/mol. The Bertz CT molecular complexity index is 1770. The Morgan fingerprint density at radius 2 is 1.78 bits per heavy atom. The topological polar surface area (TPSA) is 133 Å². The molecule has 36 heavy (non-hydrogen) atoms. The molecule has 178 valence electrons. The molecule has 4 aromatic heterocycles. The third-order valence-electron chi connectivity index (χ3n) is 5.81. The zero-order valence-corrected chi connectivity index (χ0v) is 20.1. The van der Waals surface area contributed by atoms with Crippen molar-refractivity contribution in [3.63, 3.8) is 0 Å². The first-order valence-corrected chi connectivity index (χ1v) is 12.3. The van der Waals surface area contributed by atoms with Crippen LogP contribution in [0.1, 0.15) is 12.6 Å². The number of nitrogens with zero attached hydrogens (tertiary/aromatic N) is 7. The first kappa shape index (κ1) is 22.0. The lowest BCUT2D eigenvalue weighted by Gasteiger charge is -2.11. The van der Waals surface area contributed by atoms with Gasteiger partial charge < -0.3 is 10.3 Å². The van der Waals surface area contributed by atoms with Gasteiger partial charge in [0.15, 0.2) is 11.0 Å². The number of fused-ring (bicyclic) bond motifs is 2. The van der Waals surface area contributed by atoms with Crippen LogP contribution in [0.2, 0.25) is 0 Å². The molecule has 0 saturated heterocycles. The summed E-state index contributed by atoms with van der Waals surface area (Å²) >= 11 is 1.46. The Labute approximate surface area is 209 Å². The third-order valence-corrected chi connectivity index (χ3v) is 6.81. The van der Waals surface area contributed by atoms with Crippen molar-refractivity contribution in [1.82, 2.24) is 39.3 Å². The van der Waals surface area contributed by atoms with Gasteiger partial charge in [-0.3, -0.25) is 9.89 Å². The minimum Gasteiger partial charge on any atom is -0.368 e. The molecule has 6 rings (SSSR count). The highest BCUT2D eigenvalue weighted by atomic mass is 32.2. The van der Waals surface area contributed by atoms with E-state index in [0.29, 0.717) is 18.0 Å². The molecule has 0 aliphatic rings. The monoisotopic (exact) mass is 495 g/mol. The number of aromatic amines is 1. The van der Waals surface area contributed by atoms with Crippen LogP contribution in [0.25, 0.3) is 39.3 Å². The predicted octanol–water partition coefficient (Wildman–Crippen LogP) is 3.79. The van der Waals surface area contributed by atoms with Crippen LogP contribution >= 0.6 is 11.8 Å². The largest absolute Gasteiger partial charge is 0.368 e. The third kappa shape index (κ3) is 3.89. The Hall–Kier alpha value is -4.51. The van der Waals surface area contributed by atoms with Gasteiger partial charge >= 0.3 is 0 Å². The van der Waals surface area contributed by atoms with Gasteiger partial charge in [-0.15, -0.1) is 10.2 Å². The molecule has 0 aliphatic heterocycles. The van der Waals surface area contributed by atoms with Crippen molar-refractivity contribution in [3.05, 3.63) is 82.8 Å². The summed E-state index contributed by atoms with van der Waals surface area (Å²) in [6.45, 7) is 2.73. The molecule has 3 N–H and O–H groups in total. The van der Waals surface area contributed by atoms with Crippen LogP contribution in [0.4, 0.5) is 5.95 Å². The second kappa shape index (κ2) is 8.93. The normalized spacial score (nSPS) is 11.5. The zero-order valence-electron chi connectivity index (χ0n) is 19.3. The maximum Gasteiger partial charge on any atom is 0.274 e. The number of para-hydroxylation sites is 1. The molecule has 4 heterocycles. The predicted molar refractivity (Wildman–Crippen MR) is 139 cm³/mol. The van der Waals surface area contributed by atoms with Crippen LogP contribution in [-0.2, 0) is 12.3 Å². The second-order valence-corrected chi connectivity index (χ2v) is 9.05. The van der Waals surface area contributed by atoms with Gasteiger partial charge in [0.1, 0.15) is 0 Å². The van der Waals surface area contributed by atoms with Gasteiger partial charge in [0.05, 0.1) is 16.9 Å². The molecule has 0 fully saturated rings. The maximum absolute atomic E-state index is 12.4. The van der Waals surface area contributed by atoms with E-state index in [1.54, 1.807) is 0 Å². The van der Waals surface area contributed by atoms with E-state index < -0.39 is 0 Å². The lowest BCUT2D eigenvalue weighted by Crippen LogP contribution is -2.15. The van der Waals surface area contributed by atoms with Gasteiger partial charge in [-0.25, -0.2) is 9.97 Å². The lowest BCUT2D eigenvalue weighted by molar-refractivity contribution is 0.687. The number of nitrogen functional groups attached to an aromatic ring is 1. The number of pyridine rings is 1. The van der Waals surface area contributed by atoms with Gasteiger partial charge in [-0.2, -0.15) is 9.50 Å². The van der Waals surface area contributed by atoms with E-state index >= 15 is 0 Å². The molecule has 0 aliphatic carbocycles. The summed E-state index contributed by atoms with van der Waals surface area (Å²) in [6, 6.07) is 21.7. The first-order valence-electron chi connectivity index (χ1n) is 11.4. The van der Waals surface area contributed by atoms with Crippen LogP contribution in [0, 0.1) is 0 Å². The molecule has 0 saturated carbocycles. The molecular formula is C25H21N9OS. The van der Waals surface area contributed by atoms with Crippen LogP contribution in [-0.4, -0.2) is 39.3 Å². The van der Waals surface area contributed by atoms with Crippen molar-refractivity contribution in [2.45, 2.75) is 24.4 Å². The first-order chi connectivity index (χ1) is 17.6. The van der Waals surface area contributed by atoms with Crippen LogP contribution in [0.3, 0.4) is 0 Å². The van der Waals surface area contributed by atoms with E-state index in [4.69, 9.17) is 10.7 Å². The second-order valence-electron chi connectivity index (χ2n) is 8.11. The fourth-order valence-corrected chi connectivity index (χ4v) is 5.05. The maximum atomic E-state index is 12.4. The number of anilines is 1. The van der Waals surface area contributed by atoms with E-state index in [1.807, 2.05) is 48.5 Å². The SMILES string of the molecule is CCn1c(SCc2cc(=O)n3[nH]c(N)nc3n2)nnc1-c1cc(-c2ccccc2)nc2ccccc12. The van der Waals surface area contributed by atoms with Crippen molar-refractivity contribution in [1.29, 1.82) is 0 Å². The Morgan fingerprint density at radius 1 is 0.972 bits per heavy atom. The summed E-state index contributed by atoms with van der Waals surface area (Å²) in [7, 11) is 0. The highest BCUT2D eigenvalue weighted by Gasteiger charge is 2.18. The number of rotatable bonds is 6. The molecule has 0 spiro atoms. The summed E-state index contributed by atoms with van der Waals surface area (Å²) in [4.78, 5) is 25.7. The average Bonchev–Trinajstić information content (AvgIpc) is 3.50. The fourth-order valence-electron chi connectivity index (χ4n) is 4.15. The van der Waals surface area contributed by atoms with Crippen molar-refractivity contribution < 1.29 is 0 Å². The number of nitrogens with two attached hydrogens (primary N) is 1. The molecule has 0 unspecified atom stereocenters. The quantitative estimate of drug-likeness (QED) is 0.334. The zero-order chi connectivity index (χ0) is 24.6. The highest BCUT2D eigenvalue weighted by molar-refractivity contribution is 7.98. The molecule has 0 radical (unpaired) electrons. The molecule has 10 nitrogen and oxygen atoms in total. The lowest BCUT2D eigenvalue weighted by atomic mass is 10.0. The molecule has 0 atom stereocenters. The summed E-state index contributed by atoms with van der Waals surface area (Å²) < 4.78 is 3.29. The molecule has 6 aromatic rings. The van der Waals surface area contributed by atoms with Gasteiger partial charge in [0.25, 0.3) is 11.3 Å². The summed E-state index contributed by atoms with van der Waals surface area (Å²) in [5.74, 6) is 1.58. The van der Waals surface area contributed by atoms with Crippen LogP contribution in [0.5, 0.6) is 0 Å². The van der Waals surface area contributed by atoms with E-state index in [2.05, 4.69) is 48.9 Å². The van der Waals surface area contributed by atoms with E-state index in [0.717, 1.165) is 38.7 Å². The van der Waals surface area contributed by atoms with Gasteiger partial charge in [-0.05, 0) is 19.1 Å². The summed E-state index contributed by atoms with van der Waals surface area (Å²) in [5.41, 5.74) is 9.75. The van der Waals surface area contributed by atoms with Crippen molar-refractivity contribution in [2.24, 2.45) is 0 Å². The van der Waals surface area contributed by atoms with Crippen molar-refractivity contribution >= 4 is 34.4 Å². The molecule has 11 heteroatoms. The van der Waals surface area contributed by atoms with Crippen molar-refractivity contribution in [2.75, 3.05) is 5.73 Å². The smallest absolute Gasteiger partial charge is 0.274 e. The number of hydrogen-bond acceptors (Lipinski definition) is 8. The molecular weight excluding hydrogens is 474 g/mol. The Kier molecular flexibility index (Phi) is 5.45. The van der Waals surface area contributed by atoms with Crippen LogP contribution < -0.4 is 11.3 Å². The van der Waals surface area contributed by atoms with Crippen molar-refractivity contribution in [3.8, 4) is 22.6 Å². The molecule has 0 amide bonds. The number of benzene rings is 2. The molecule has 0 bridgehead atoms. The van der Waals surface area contributed by atoms with Gasteiger partial charge in [0, 0.05) is 34.9 Å². The number of aromatic nitrogens is 8. The number of thioether (sulfide) groups is 1. The highest BCUT2D eigenvalue weighted by Crippen LogP contribution is 2.33. The van der Waals surface area contributed by atoms with Gasteiger partial charge in [0.2, 0.25) is 5.95 Å².